The van der Waals surface area contributed by atoms with Crippen LogP contribution in [0.5, 0.6) is 0 Å². The Kier molecular flexibility index (Phi) is 4.61. The summed E-state index contributed by atoms with van der Waals surface area (Å²) in [4.78, 5) is 14.3. The molecule has 6 heteroatoms. The maximum atomic E-state index is 10.7. The lowest BCUT2D eigenvalue weighted by molar-refractivity contribution is -0.385. The number of nitro groups is 1. The van der Waals surface area contributed by atoms with Crippen LogP contribution in [0.1, 0.15) is 32.3 Å². The molecule has 0 aliphatic heterocycles. The Balaban J connectivity index is 2.98. The predicted molar refractivity (Wildman–Crippen MR) is 69.6 cm³/mol. The Hall–Kier alpha value is -1.69. The third-order valence-electron chi connectivity index (χ3n) is 3.33. The van der Waals surface area contributed by atoms with Crippen molar-refractivity contribution in [3.63, 3.8) is 0 Å². The summed E-state index contributed by atoms with van der Waals surface area (Å²) in [5.74, 6) is 0.552. The van der Waals surface area contributed by atoms with E-state index in [0.29, 0.717) is 11.4 Å². The van der Waals surface area contributed by atoms with Gasteiger partial charge in [0, 0.05) is 5.56 Å². The van der Waals surface area contributed by atoms with E-state index in [4.69, 9.17) is 0 Å². The summed E-state index contributed by atoms with van der Waals surface area (Å²) in [7, 11) is 0. The lowest BCUT2D eigenvalue weighted by Crippen LogP contribution is -2.41. The standard InChI is InChI=1S/C12H19N3O3/c1-4-12(5-2,8-16)14-11-6-9(3)10(7-13-11)15(17)18/h6-7,16H,4-5,8H2,1-3H3,(H,13,14). The fourth-order valence-electron chi connectivity index (χ4n) is 1.77. The van der Waals surface area contributed by atoms with E-state index < -0.39 is 10.5 Å². The number of hydrogen-bond donors (Lipinski definition) is 2. The Morgan fingerprint density at radius 1 is 1.50 bits per heavy atom. The van der Waals surface area contributed by atoms with E-state index in [-0.39, 0.29) is 12.3 Å². The molecule has 1 aromatic heterocycles. The van der Waals surface area contributed by atoms with Gasteiger partial charge in [-0.1, -0.05) is 13.8 Å². The topological polar surface area (TPSA) is 88.3 Å². The molecule has 1 heterocycles. The first kappa shape index (κ1) is 14.4. The summed E-state index contributed by atoms with van der Waals surface area (Å²) in [6, 6.07) is 1.63. The molecule has 0 aliphatic rings. The van der Waals surface area contributed by atoms with Crippen LogP contribution in [0.3, 0.4) is 0 Å². The monoisotopic (exact) mass is 253 g/mol. The molecule has 0 amide bonds. The molecule has 6 nitrogen and oxygen atoms in total. The Labute approximate surface area is 106 Å². The van der Waals surface area contributed by atoms with Crippen molar-refractivity contribution in [1.29, 1.82) is 0 Å². The number of rotatable bonds is 6. The van der Waals surface area contributed by atoms with E-state index in [1.54, 1.807) is 13.0 Å². The highest BCUT2D eigenvalue weighted by Gasteiger charge is 2.25. The Bertz CT molecular complexity index is 422. The Morgan fingerprint density at radius 3 is 2.50 bits per heavy atom. The summed E-state index contributed by atoms with van der Waals surface area (Å²) in [6.07, 6.45) is 2.74. The van der Waals surface area contributed by atoms with Gasteiger partial charge in [-0.3, -0.25) is 10.1 Å². The fourth-order valence-corrected chi connectivity index (χ4v) is 1.77. The lowest BCUT2D eigenvalue weighted by Gasteiger charge is -2.31. The molecule has 1 rings (SSSR count). The quantitative estimate of drug-likeness (QED) is 0.599. The van der Waals surface area contributed by atoms with Crippen LogP contribution in [-0.2, 0) is 0 Å². The van der Waals surface area contributed by atoms with Crippen LogP contribution < -0.4 is 5.32 Å². The van der Waals surface area contributed by atoms with Crippen molar-refractivity contribution in [1.82, 2.24) is 4.98 Å². The molecule has 0 saturated heterocycles. The van der Waals surface area contributed by atoms with Crippen molar-refractivity contribution in [3.8, 4) is 0 Å². The molecule has 100 valence electrons. The zero-order chi connectivity index (χ0) is 13.8. The normalized spacial score (nSPS) is 11.3. The van der Waals surface area contributed by atoms with Crippen molar-refractivity contribution in [3.05, 3.63) is 27.9 Å². The van der Waals surface area contributed by atoms with Gasteiger partial charge < -0.3 is 10.4 Å². The minimum Gasteiger partial charge on any atom is -0.394 e. The average molecular weight is 253 g/mol. The van der Waals surface area contributed by atoms with Crippen molar-refractivity contribution in [2.45, 2.75) is 39.2 Å². The molecule has 2 N–H and O–H groups in total. The highest BCUT2D eigenvalue weighted by atomic mass is 16.6. The van der Waals surface area contributed by atoms with Crippen LogP contribution in [0.15, 0.2) is 12.3 Å². The molecule has 0 atom stereocenters. The zero-order valence-corrected chi connectivity index (χ0v) is 10.9. The lowest BCUT2D eigenvalue weighted by atomic mass is 9.94. The maximum Gasteiger partial charge on any atom is 0.290 e. The van der Waals surface area contributed by atoms with Gasteiger partial charge in [-0.05, 0) is 25.8 Å². The van der Waals surface area contributed by atoms with Gasteiger partial charge in [0.2, 0.25) is 0 Å². The summed E-state index contributed by atoms with van der Waals surface area (Å²) in [5.41, 5.74) is 0.134. The van der Waals surface area contributed by atoms with Crippen LogP contribution in [0, 0.1) is 17.0 Å². The first-order valence-electron chi connectivity index (χ1n) is 5.98. The molecule has 0 unspecified atom stereocenters. The summed E-state index contributed by atoms with van der Waals surface area (Å²) >= 11 is 0. The first-order valence-corrected chi connectivity index (χ1v) is 5.98. The predicted octanol–water partition coefficient (Wildman–Crippen LogP) is 2.26. The van der Waals surface area contributed by atoms with Crippen molar-refractivity contribution in [2.75, 3.05) is 11.9 Å². The van der Waals surface area contributed by atoms with Gasteiger partial charge in [0.15, 0.2) is 0 Å². The van der Waals surface area contributed by atoms with Crippen LogP contribution in [-0.4, -0.2) is 27.2 Å². The van der Waals surface area contributed by atoms with Gasteiger partial charge in [-0.25, -0.2) is 4.98 Å². The number of anilines is 1. The van der Waals surface area contributed by atoms with Crippen LogP contribution >= 0.6 is 0 Å². The number of nitrogens with zero attached hydrogens (tertiary/aromatic N) is 2. The minimum atomic E-state index is -0.453. The van der Waals surface area contributed by atoms with Gasteiger partial charge in [0.05, 0.1) is 17.1 Å². The van der Waals surface area contributed by atoms with E-state index in [1.807, 2.05) is 13.8 Å². The van der Waals surface area contributed by atoms with Crippen molar-refractivity contribution >= 4 is 11.5 Å². The molecule has 0 radical (unpaired) electrons. The molecule has 0 fully saturated rings. The third kappa shape index (κ3) is 2.95. The van der Waals surface area contributed by atoms with Gasteiger partial charge >= 0.3 is 0 Å². The van der Waals surface area contributed by atoms with Gasteiger partial charge in [-0.15, -0.1) is 0 Å². The molecule has 0 saturated carbocycles. The zero-order valence-electron chi connectivity index (χ0n) is 10.9. The van der Waals surface area contributed by atoms with Gasteiger partial charge in [0.1, 0.15) is 12.0 Å². The van der Waals surface area contributed by atoms with Crippen LogP contribution in [0.2, 0.25) is 0 Å². The number of aromatic nitrogens is 1. The van der Waals surface area contributed by atoms with Crippen LogP contribution in [0.4, 0.5) is 11.5 Å². The second-order valence-electron chi connectivity index (χ2n) is 4.38. The number of aryl methyl sites for hydroxylation is 1. The number of aliphatic hydroxyl groups excluding tert-OH is 1. The molecular formula is C12H19N3O3. The van der Waals surface area contributed by atoms with Gasteiger partial charge in [0.25, 0.3) is 5.69 Å². The average Bonchev–Trinajstić information content (AvgIpc) is 2.36. The number of nitrogens with one attached hydrogen (secondary N) is 1. The van der Waals surface area contributed by atoms with E-state index in [1.165, 1.54) is 6.20 Å². The van der Waals surface area contributed by atoms with E-state index in [2.05, 4.69) is 10.3 Å². The van der Waals surface area contributed by atoms with Crippen molar-refractivity contribution in [2.24, 2.45) is 0 Å². The minimum absolute atomic E-state index is 0.00227. The third-order valence-corrected chi connectivity index (χ3v) is 3.33. The fraction of sp³-hybridized carbons (Fsp3) is 0.583. The van der Waals surface area contributed by atoms with E-state index in [9.17, 15) is 15.2 Å². The highest BCUT2D eigenvalue weighted by molar-refractivity contribution is 5.48. The SMILES string of the molecule is CCC(CC)(CO)Nc1cc(C)c([N+](=O)[O-])cn1. The maximum absolute atomic E-state index is 10.7. The van der Waals surface area contributed by atoms with E-state index >= 15 is 0 Å². The smallest absolute Gasteiger partial charge is 0.290 e. The highest BCUT2D eigenvalue weighted by Crippen LogP contribution is 2.24. The second kappa shape index (κ2) is 5.77. The summed E-state index contributed by atoms with van der Waals surface area (Å²) < 4.78 is 0. The summed E-state index contributed by atoms with van der Waals surface area (Å²) in [5, 5.41) is 23.3. The molecule has 0 aliphatic carbocycles. The largest absolute Gasteiger partial charge is 0.394 e. The molecule has 0 bridgehead atoms. The molecular weight excluding hydrogens is 234 g/mol. The summed E-state index contributed by atoms with van der Waals surface area (Å²) in [6.45, 7) is 5.62. The number of hydrogen-bond acceptors (Lipinski definition) is 5. The van der Waals surface area contributed by atoms with E-state index in [0.717, 1.165) is 12.8 Å². The first-order chi connectivity index (χ1) is 8.48. The van der Waals surface area contributed by atoms with Gasteiger partial charge in [-0.2, -0.15) is 0 Å². The molecule has 0 aromatic carbocycles. The van der Waals surface area contributed by atoms with Crippen molar-refractivity contribution < 1.29 is 10.0 Å². The Morgan fingerprint density at radius 2 is 2.11 bits per heavy atom. The molecule has 1 aromatic rings. The van der Waals surface area contributed by atoms with Crippen LogP contribution in [0.25, 0.3) is 0 Å². The molecule has 18 heavy (non-hydrogen) atoms. The molecule has 0 spiro atoms. The second-order valence-corrected chi connectivity index (χ2v) is 4.38. The number of aliphatic hydroxyl groups is 1. The number of pyridine rings is 1.